The van der Waals surface area contributed by atoms with Crippen molar-refractivity contribution in [2.24, 2.45) is 0 Å². The van der Waals surface area contributed by atoms with Gasteiger partial charge in [-0.1, -0.05) is 62.4 Å². The molecule has 4 rings (SSSR count). The molecule has 5 N–H and O–H groups in total. The maximum atomic E-state index is 14.0. The molecule has 1 aromatic heterocycles. The smallest absolute Gasteiger partial charge is 0.481 e. The van der Waals surface area contributed by atoms with Crippen LogP contribution in [0.25, 0.3) is 22.4 Å². The molecule has 1 heterocycles. The molecule has 2 atom stereocenters. The van der Waals surface area contributed by atoms with Crippen LogP contribution in [0.4, 0.5) is 23.2 Å². The minimum absolute atomic E-state index is 0.0939. The van der Waals surface area contributed by atoms with Crippen LogP contribution in [0.1, 0.15) is 55.1 Å². The first-order valence-corrected chi connectivity index (χ1v) is 14.9. The van der Waals surface area contributed by atoms with Gasteiger partial charge in [0.2, 0.25) is 0 Å². The van der Waals surface area contributed by atoms with Gasteiger partial charge in [0.25, 0.3) is 5.91 Å². The van der Waals surface area contributed by atoms with Gasteiger partial charge in [-0.25, -0.2) is 9.18 Å². The Morgan fingerprint density at radius 2 is 1.35 bits per heavy atom. The van der Waals surface area contributed by atoms with Gasteiger partial charge in [-0.05, 0) is 66.3 Å². The van der Waals surface area contributed by atoms with E-state index < -0.39 is 36.7 Å². The molecule has 0 saturated carbocycles. The van der Waals surface area contributed by atoms with Gasteiger partial charge in [-0.2, -0.15) is 13.2 Å². The van der Waals surface area contributed by atoms with E-state index in [0.29, 0.717) is 28.1 Å². The molecule has 4 aromatic rings. The predicted octanol–water partition coefficient (Wildman–Crippen LogP) is 6.95. The summed E-state index contributed by atoms with van der Waals surface area (Å²) in [6, 6.07) is 24.8. The van der Waals surface area contributed by atoms with E-state index in [1.54, 1.807) is 12.1 Å². The molecule has 0 unspecified atom stereocenters. The van der Waals surface area contributed by atoms with Crippen molar-refractivity contribution in [3.05, 3.63) is 102 Å². The predicted molar refractivity (Wildman–Crippen MR) is 171 cm³/mol. The number of hydrogen-bond donors (Lipinski definition) is 5. The highest BCUT2D eigenvalue weighted by atomic mass is 19.4. The molecule has 48 heavy (non-hydrogen) atoms. The highest BCUT2D eigenvalue weighted by Gasteiger charge is 2.38. The van der Waals surface area contributed by atoms with Crippen LogP contribution in [-0.2, 0) is 16.1 Å². The first-order chi connectivity index (χ1) is 22.6. The second-order valence-corrected chi connectivity index (χ2v) is 11.2. The number of carbonyl (C=O) groups excluding carboxylic acids is 1. The summed E-state index contributed by atoms with van der Waals surface area (Å²) in [6.45, 7) is 4.25. The average Bonchev–Trinajstić information content (AvgIpc) is 3.36. The molecule has 0 radical (unpaired) electrons. The lowest BCUT2D eigenvalue weighted by molar-refractivity contribution is -0.192. The van der Waals surface area contributed by atoms with E-state index in [9.17, 15) is 37.4 Å². The quantitative estimate of drug-likeness (QED) is 0.102. The number of carboxylic acid groups (broad SMARTS) is 2. The molecule has 256 valence electrons. The number of hydrogen-bond acceptors (Lipinski definition) is 5. The summed E-state index contributed by atoms with van der Waals surface area (Å²) in [4.78, 5) is 33.9. The van der Waals surface area contributed by atoms with E-state index in [0.717, 1.165) is 11.3 Å². The van der Waals surface area contributed by atoms with E-state index in [1.807, 2.05) is 79.1 Å². The third-order valence-corrected chi connectivity index (χ3v) is 7.17. The molecule has 0 fully saturated rings. The van der Waals surface area contributed by atoms with Gasteiger partial charge in [0, 0.05) is 23.5 Å². The van der Waals surface area contributed by atoms with Crippen LogP contribution in [0.5, 0.6) is 0 Å². The van der Waals surface area contributed by atoms with E-state index in [2.05, 4.69) is 5.32 Å². The number of aliphatic hydroxyl groups excluding tert-OH is 2. The molecule has 0 saturated heterocycles. The Kier molecular flexibility index (Phi) is 13.0. The lowest BCUT2D eigenvalue weighted by Gasteiger charge is -2.20. The van der Waals surface area contributed by atoms with Crippen molar-refractivity contribution in [2.75, 3.05) is 5.32 Å². The first kappa shape index (κ1) is 37.4. The number of aliphatic carboxylic acids is 2. The number of para-hydroxylation sites is 1. The Balaban J connectivity index is 0.000000804. The van der Waals surface area contributed by atoms with E-state index in [-0.39, 0.29) is 37.0 Å². The minimum atomic E-state index is -5.08. The van der Waals surface area contributed by atoms with Gasteiger partial charge in [0.05, 0.1) is 29.9 Å². The summed E-state index contributed by atoms with van der Waals surface area (Å²) in [5, 5.41) is 39.9. The summed E-state index contributed by atoms with van der Waals surface area (Å²) >= 11 is 0. The number of halogens is 4. The number of amides is 1. The maximum absolute atomic E-state index is 14.0. The number of rotatable bonds is 12. The Morgan fingerprint density at radius 1 is 0.812 bits per heavy atom. The fourth-order valence-electron chi connectivity index (χ4n) is 5.20. The SMILES string of the molecule is CC(C)c1c(C(=O)Nc2ccccc2)c(-c2ccccc2)c(-c2ccc(F)cc2)n1CC[C@@H](O)C[C@@H](O)CC(=O)O.O=C(O)C(F)(F)F. The number of alkyl halides is 3. The second-order valence-electron chi connectivity index (χ2n) is 11.2. The van der Waals surface area contributed by atoms with Crippen LogP contribution < -0.4 is 5.32 Å². The normalized spacial score (nSPS) is 12.5. The Labute approximate surface area is 274 Å². The second kappa shape index (κ2) is 16.7. The van der Waals surface area contributed by atoms with Crippen LogP contribution in [0.15, 0.2) is 84.9 Å². The highest BCUT2D eigenvalue weighted by Crippen LogP contribution is 2.42. The number of carbonyl (C=O) groups is 3. The van der Waals surface area contributed by atoms with E-state index >= 15 is 0 Å². The molecule has 3 aromatic carbocycles. The van der Waals surface area contributed by atoms with Crippen molar-refractivity contribution in [2.45, 2.75) is 64.0 Å². The average molecular weight is 673 g/mol. The molecule has 0 aliphatic heterocycles. The van der Waals surface area contributed by atoms with Crippen LogP contribution in [0.3, 0.4) is 0 Å². The number of aromatic nitrogens is 1. The Morgan fingerprint density at radius 3 is 1.85 bits per heavy atom. The zero-order chi connectivity index (χ0) is 35.6. The van der Waals surface area contributed by atoms with Gasteiger partial charge in [-0.15, -0.1) is 0 Å². The van der Waals surface area contributed by atoms with Gasteiger partial charge < -0.3 is 30.3 Å². The van der Waals surface area contributed by atoms with Crippen LogP contribution >= 0.6 is 0 Å². The molecule has 9 nitrogen and oxygen atoms in total. The van der Waals surface area contributed by atoms with E-state index in [4.69, 9.17) is 15.0 Å². The van der Waals surface area contributed by atoms with Gasteiger partial charge in [-0.3, -0.25) is 9.59 Å². The van der Waals surface area contributed by atoms with Crippen molar-refractivity contribution in [3.8, 4) is 22.4 Å². The number of carboxylic acids is 2. The maximum Gasteiger partial charge on any atom is 0.490 e. The lowest BCUT2D eigenvalue weighted by Crippen LogP contribution is -2.22. The summed E-state index contributed by atoms with van der Waals surface area (Å²) in [5.41, 5.74) is 4.77. The third-order valence-electron chi connectivity index (χ3n) is 7.17. The zero-order valence-corrected chi connectivity index (χ0v) is 26.1. The van der Waals surface area contributed by atoms with Gasteiger partial charge >= 0.3 is 18.1 Å². The first-order valence-electron chi connectivity index (χ1n) is 14.9. The molecule has 0 spiro atoms. The fraction of sp³-hybridized carbons (Fsp3) is 0.286. The summed E-state index contributed by atoms with van der Waals surface area (Å²) < 4.78 is 47.7. The molecule has 13 heteroatoms. The number of anilines is 1. The largest absolute Gasteiger partial charge is 0.490 e. The number of benzene rings is 3. The molecule has 0 aliphatic carbocycles. The third kappa shape index (κ3) is 10.2. The Hall–Kier alpha value is -5.01. The van der Waals surface area contributed by atoms with Crippen LogP contribution in [0.2, 0.25) is 0 Å². The monoisotopic (exact) mass is 672 g/mol. The standard InChI is InChI=1S/C33H35FN2O5.C2HF3O2/c1-21(2)31-30(33(41)35-25-11-7-4-8-12-25)29(22-9-5-3-6-10-22)32(23-13-15-24(34)16-14-23)36(31)18-17-26(37)19-27(38)20-28(39)40;3-2(4,5)1(6)7/h3-16,21,26-27,37-38H,17-20H2,1-2H3,(H,35,41)(H,39,40);(H,6,7)/t26-,27-;/m1./s1. The van der Waals surface area contributed by atoms with E-state index in [1.165, 1.54) is 12.1 Å². The lowest BCUT2D eigenvalue weighted by atomic mass is 9.94. The summed E-state index contributed by atoms with van der Waals surface area (Å²) in [5.74, 6) is -4.69. The molecule has 1 amide bonds. The highest BCUT2D eigenvalue weighted by molar-refractivity contribution is 6.12. The van der Waals surface area contributed by atoms with Crippen molar-refractivity contribution in [1.82, 2.24) is 4.57 Å². The molecular weight excluding hydrogens is 636 g/mol. The molecular formula is C35H36F4N2O7. The van der Waals surface area contributed by atoms with Crippen LogP contribution in [0, 0.1) is 5.82 Å². The number of nitrogens with one attached hydrogen (secondary N) is 1. The van der Waals surface area contributed by atoms with Crippen LogP contribution in [-0.4, -0.2) is 61.2 Å². The van der Waals surface area contributed by atoms with Gasteiger partial charge in [0.1, 0.15) is 5.82 Å². The fourth-order valence-corrected chi connectivity index (χ4v) is 5.20. The van der Waals surface area contributed by atoms with Gasteiger partial charge in [0.15, 0.2) is 0 Å². The topological polar surface area (TPSA) is 149 Å². The minimum Gasteiger partial charge on any atom is -0.481 e. The number of aliphatic hydroxyl groups is 2. The summed E-state index contributed by atoms with van der Waals surface area (Å²) in [6.07, 6.45) is -7.59. The van der Waals surface area contributed by atoms with Crippen molar-refractivity contribution >= 4 is 23.5 Å². The molecule has 0 aliphatic rings. The van der Waals surface area contributed by atoms with Crippen molar-refractivity contribution < 1.29 is 52.4 Å². The number of nitrogens with zero attached hydrogens (tertiary/aromatic N) is 1. The molecule has 0 bridgehead atoms. The van der Waals surface area contributed by atoms with Crippen molar-refractivity contribution in [1.29, 1.82) is 0 Å². The Bertz CT molecular complexity index is 1670. The zero-order valence-electron chi connectivity index (χ0n) is 26.1. The summed E-state index contributed by atoms with van der Waals surface area (Å²) in [7, 11) is 0. The van der Waals surface area contributed by atoms with Crippen molar-refractivity contribution in [3.63, 3.8) is 0 Å².